The van der Waals surface area contributed by atoms with Gasteiger partial charge in [-0.1, -0.05) is 6.07 Å². The lowest BCUT2D eigenvalue weighted by Gasteiger charge is -2.30. The Morgan fingerprint density at radius 2 is 2.12 bits per heavy atom. The summed E-state index contributed by atoms with van der Waals surface area (Å²) in [6.45, 7) is 7.22. The number of hydrogen-bond acceptors (Lipinski definition) is 5. The lowest BCUT2D eigenvalue weighted by Crippen LogP contribution is -2.48. The van der Waals surface area contributed by atoms with Crippen LogP contribution in [-0.4, -0.2) is 63.6 Å². The first-order valence-corrected chi connectivity index (χ1v) is 8.45. The smallest absolute Gasteiger partial charge is 0.231 e. The van der Waals surface area contributed by atoms with Crippen molar-refractivity contribution < 1.29 is 14.2 Å². The number of likely N-dealkylation sites (N-methyl/N-ethyl adjacent to an activating group) is 1. The summed E-state index contributed by atoms with van der Waals surface area (Å²) in [5, 5.41) is 6.63. The number of guanidine groups is 1. The van der Waals surface area contributed by atoms with Gasteiger partial charge in [0.2, 0.25) is 6.79 Å². The molecule has 1 aromatic rings. The second kappa shape index (κ2) is 10.0. The number of nitrogens with zero attached hydrogens (tertiary/aromatic N) is 2. The van der Waals surface area contributed by atoms with Gasteiger partial charge in [0, 0.05) is 26.2 Å². The highest BCUT2D eigenvalue weighted by atomic mass is 127. The molecule has 2 aliphatic heterocycles. The van der Waals surface area contributed by atoms with E-state index in [1.165, 1.54) is 0 Å². The normalized spacial score (nSPS) is 20.1. The highest BCUT2D eigenvalue weighted by Gasteiger charge is 2.18. The van der Waals surface area contributed by atoms with E-state index in [0.29, 0.717) is 13.3 Å². The summed E-state index contributed by atoms with van der Waals surface area (Å²) in [4.78, 5) is 6.93. The minimum atomic E-state index is 0. The Kier molecular flexibility index (Phi) is 8.04. The Bertz CT molecular complexity index is 585. The van der Waals surface area contributed by atoms with Gasteiger partial charge >= 0.3 is 0 Å². The maximum absolute atomic E-state index is 5.77. The first-order chi connectivity index (χ1) is 11.7. The summed E-state index contributed by atoms with van der Waals surface area (Å²) in [6.07, 6.45) is 0.193. The van der Waals surface area contributed by atoms with Crippen LogP contribution in [0.5, 0.6) is 11.5 Å². The third-order valence-corrected chi connectivity index (χ3v) is 4.04. The van der Waals surface area contributed by atoms with Crippen molar-refractivity contribution in [2.75, 3.05) is 46.6 Å². The number of halogens is 1. The van der Waals surface area contributed by atoms with Crippen LogP contribution >= 0.6 is 24.0 Å². The largest absolute Gasteiger partial charge is 0.454 e. The van der Waals surface area contributed by atoms with Crippen LogP contribution in [0.3, 0.4) is 0 Å². The zero-order chi connectivity index (χ0) is 16.8. The van der Waals surface area contributed by atoms with E-state index >= 15 is 0 Å². The topological polar surface area (TPSA) is 67.4 Å². The minimum Gasteiger partial charge on any atom is -0.454 e. The Hall–Kier alpha value is -1.26. The van der Waals surface area contributed by atoms with Crippen molar-refractivity contribution in [2.24, 2.45) is 4.99 Å². The van der Waals surface area contributed by atoms with Crippen molar-refractivity contribution in [3.8, 4) is 11.5 Å². The Morgan fingerprint density at radius 3 is 2.92 bits per heavy atom. The molecular weight excluding hydrogens is 435 g/mol. The molecule has 25 heavy (non-hydrogen) atoms. The molecule has 1 aromatic carbocycles. The zero-order valence-electron chi connectivity index (χ0n) is 14.8. The number of hydrogen-bond donors (Lipinski definition) is 2. The number of fused-ring (bicyclic) bond motifs is 1. The van der Waals surface area contributed by atoms with Crippen molar-refractivity contribution >= 4 is 29.9 Å². The van der Waals surface area contributed by atoms with E-state index in [9.17, 15) is 0 Å². The number of ether oxygens (including phenoxy) is 3. The molecule has 1 saturated heterocycles. The fraction of sp³-hybridized carbons (Fsp3) is 0.588. The summed E-state index contributed by atoms with van der Waals surface area (Å²) in [5.41, 5.74) is 1.09. The minimum absolute atomic E-state index is 0. The third kappa shape index (κ3) is 5.89. The second-order valence-electron chi connectivity index (χ2n) is 6.02. The van der Waals surface area contributed by atoms with Gasteiger partial charge in [-0.05, 0) is 31.7 Å². The molecule has 8 heteroatoms. The molecule has 0 aliphatic carbocycles. The number of nitrogens with one attached hydrogen (secondary N) is 2. The van der Waals surface area contributed by atoms with Gasteiger partial charge in [-0.15, -0.1) is 24.0 Å². The molecule has 0 saturated carbocycles. The van der Waals surface area contributed by atoms with E-state index < -0.39 is 0 Å². The van der Waals surface area contributed by atoms with Crippen LogP contribution < -0.4 is 20.1 Å². The average molecular weight is 462 g/mol. The van der Waals surface area contributed by atoms with Gasteiger partial charge in [-0.2, -0.15) is 0 Å². The van der Waals surface area contributed by atoms with Crippen LogP contribution in [0, 0.1) is 0 Å². The molecule has 3 rings (SSSR count). The summed E-state index contributed by atoms with van der Waals surface area (Å²) in [6, 6.07) is 5.92. The van der Waals surface area contributed by atoms with Crippen molar-refractivity contribution in [2.45, 2.75) is 19.6 Å². The van der Waals surface area contributed by atoms with Crippen LogP contribution in [0.4, 0.5) is 0 Å². The van der Waals surface area contributed by atoms with Gasteiger partial charge in [0.1, 0.15) is 0 Å². The molecule has 2 aliphatic rings. The van der Waals surface area contributed by atoms with Crippen LogP contribution in [0.15, 0.2) is 23.2 Å². The molecule has 0 spiro atoms. The van der Waals surface area contributed by atoms with E-state index in [2.05, 4.69) is 34.5 Å². The Labute approximate surface area is 166 Å². The average Bonchev–Trinajstić information content (AvgIpc) is 3.05. The standard InChI is InChI=1S/C17H26N4O3.HI/c1-3-18-17(20-10-14-11-21(2)6-7-22-14)19-9-13-4-5-15-16(8-13)24-12-23-15;/h4-5,8,14H,3,6-7,9-12H2,1-2H3,(H2,18,19,20);1H. The first-order valence-electron chi connectivity index (χ1n) is 8.45. The Balaban J connectivity index is 0.00000225. The van der Waals surface area contributed by atoms with E-state index in [1.807, 2.05) is 18.2 Å². The van der Waals surface area contributed by atoms with Crippen LogP contribution in [0.1, 0.15) is 12.5 Å². The van der Waals surface area contributed by atoms with Gasteiger partial charge in [0.05, 0.1) is 19.3 Å². The highest BCUT2D eigenvalue weighted by molar-refractivity contribution is 14.0. The summed E-state index contributed by atoms with van der Waals surface area (Å²) < 4.78 is 16.5. The Morgan fingerprint density at radius 1 is 1.28 bits per heavy atom. The molecule has 2 heterocycles. The van der Waals surface area contributed by atoms with Crippen molar-refractivity contribution in [1.82, 2.24) is 15.5 Å². The highest BCUT2D eigenvalue weighted by Crippen LogP contribution is 2.32. The van der Waals surface area contributed by atoms with Crippen molar-refractivity contribution in [1.29, 1.82) is 0 Å². The third-order valence-electron chi connectivity index (χ3n) is 4.04. The fourth-order valence-corrected chi connectivity index (χ4v) is 2.75. The molecule has 140 valence electrons. The predicted octanol–water partition coefficient (Wildman–Crippen LogP) is 1.42. The molecule has 7 nitrogen and oxygen atoms in total. The second-order valence-corrected chi connectivity index (χ2v) is 6.02. The van der Waals surface area contributed by atoms with Gasteiger partial charge < -0.3 is 29.7 Å². The van der Waals surface area contributed by atoms with Gasteiger partial charge in [0.25, 0.3) is 0 Å². The van der Waals surface area contributed by atoms with E-state index in [4.69, 9.17) is 14.2 Å². The number of morpholine rings is 1. The predicted molar refractivity (Wildman–Crippen MR) is 108 cm³/mol. The summed E-state index contributed by atoms with van der Waals surface area (Å²) in [5.74, 6) is 2.39. The van der Waals surface area contributed by atoms with Crippen molar-refractivity contribution in [3.05, 3.63) is 23.8 Å². The van der Waals surface area contributed by atoms with E-state index in [1.54, 1.807) is 0 Å². The molecule has 1 fully saturated rings. The van der Waals surface area contributed by atoms with Crippen LogP contribution in [0.2, 0.25) is 0 Å². The molecular formula is C17H27IN4O3. The van der Waals surface area contributed by atoms with Crippen molar-refractivity contribution in [3.63, 3.8) is 0 Å². The molecule has 2 N–H and O–H groups in total. The number of aliphatic imine (C=N–C) groups is 1. The summed E-state index contributed by atoms with van der Waals surface area (Å²) in [7, 11) is 2.12. The van der Waals surface area contributed by atoms with Crippen LogP contribution in [0.25, 0.3) is 0 Å². The molecule has 0 bridgehead atoms. The van der Waals surface area contributed by atoms with E-state index in [0.717, 1.165) is 55.8 Å². The van der Waals surface area contributed by atoms with Gasteiger partial charge in [0.15, 0.2) is 17.5 Å². The monoisotopic (exact) mass is 462 g/mol. The number of rotatable bonds is 5. The van der Waals surface area contributed by atoms with Gasteiger partial charge in [-0.3, -0.25) is 0 Å². The molecule has 1 unspecified atom stereocenters. The molecule has 0 radical (unpaired) electrons. The quantitative estimate of drug-likeness (QED) is 0.392. The fourth-order valence-electron chi connectivity index (χ4n) is 2.75. The maximum Gasteiger partial charge on any atom is 0.231 e. The summed E-state index contributed by atoms with van der Waals surface area (Å²) >= 11 is 0. The lowest BCUT2D eigenvalue weighted by atomic mass is 10.2. The first kappa shape index (κ1) is 20.1. The molecule has 0 amide bonds. The molecule has 0 aromatic heterocycles. The maximum atomic E-state index is 5.77. The van der Waals surface area contributed by atoms with E-state index in [-0.39, 0.29) is 30.1 Å². The van der Waals surface area contributed by atoms with Gasteiger partial charge in [-0.25, -0.2) is 4.99 Å². The molecule has 1 atom stereocenters. The SMILES string of the molecule is CCNC(=NCc1ccc2c(c1)OCO2)NCC1CN(C)CCO1.I. The zero-order valence-corrected chi connectivity index (χ0v) is 17.1. The number of benzene rings is 1. The lowest BCUT2D eigenvalue weighted by molar-refractivity contribution is -0.0161. The van der Waals surface area contributed by atoms with Crippen LogP contribution in [-0.2, 0) is 11.3 Å².